The Bertz CT molecular complexity index is 1620. The van der Waals surface area contributed by atoms with Crippen molar-refractivity contribution in [2.24, 2.45) is 0 Å². The summed E-state index contributed by atoms with van der Waals surface area (Å²) in [6.45, 7) is 6.60. The number of hydrogen-bond acceptors (Lipinski definition) is 6. The van der Waals surface area contributed by atoms with Crippen molar-refractivity contribution in [3.63, 3.8) is 0 Å². The molecule has 1 fully saturated rings. The van der Waals surface area contributed by atoms with Crippen molar-refractivity contribution in [2.45, 2.75) is 26.6 Å². The van der Waals surface area contributed by atoms with Crippen LogP contribution in [-0.2, 0) is 12.7 Å². The van der Waals surface area contributed by atoms with Crippen molar-refractivity contribution in [2.75, 3.05) is 36.4 Å². The zero-order chi connectivity index (χ0) is 29.0. The molecule has 0 unspecified atom stereocenters. The summed E-state index contributed by atoms with van der Waals surface area (Å²) in [6.07, 6.45) is 2.47. The Balaban J connectivity index is 1.63. The second-order valence-corrected chi connectivity index (χ2v) is 9.74. The number of hydrogen-bond donors (Lipinski definition) is 1. The SMILES string of the molecule is C/C=C\C(=C/C)Nc1cc(=O)c2c(C(F)(F)F)cc(N3CCN(Cc4ccccn4)CC3)nc2n1-c1ccccc1. The highest BCUT2D eigenvalue weighted by atomic mass is 19.4. The van der Waals surface area contributed by atoms with Gasteiger partial charge in [0.2, 0.25) is 0 Å². The monoisotopic (exact) mass is 560 g/mol. The average Bonchev–Trinajstić information content (AvgIpc) is 2.97. The zero-order valence-corrected chi connectivity index (χ0v) is 22.9. The summed E-state index contributed by atoms with van der Waals surface area (Å²) >= 11 is 0. The van der Waals surface area contributed by atoms with Crippen molar-refractivity contribution in [1.29, 1.82) is 0 Å². The number of allylic oxidation sites excluding steroid dienone is 3. The van der Waals surface area contributed by atoms with Gasteiger partial charge < -0.3 is 10.2 Å². The van der Waals surface area contributed by atoms with Gasteiger partial charge in [-0.25, -0.2) is 4.98 Å². The number of para-hydroxylation sites is 1. The molecule has 4 heterocycles. The van der Waals surface area contributed by atoms with Gasteiger partial charge in [0.25, 0.3) is 0 Å². The van der Waals surface area contributed by atoms with E-state index in [9.17, 15) is 18.0 Å². The second-order valence-electron chi connectivity index (χ2n) is 9.74. The number of alkyl halides is 3. The van der Waals surface area contributed by atoms with E-state index in [-0.39, 0.29) is 11.5 Å². The number of benzene rings is 1. The van der Waals surface area contributed by atoms with Gasteiger partial charge in [-0.15, -0.1) is 0 Å². The molecule has 0 bridgehead atoms. The third-order valence-corrected chi connectivity index (χ3v) is 7.01. The van der Waals surface area contributed by atoms with Crippen molar-refractivity contribution in [3.05, 3.63) is 112 Å². The van der Waals surface area contributed by atoms with E-state index in [1.165, 1.54) is 6.07 Å². The zero-order valence-electron chi connectivity index (χ0n) is 22.9. The lowest BCUT2D eigenvalue weighted by Crippen LogP contribution is -2.46. The molecule has 0 amide bonds. The van der Waals surface area contributed by atoms with E-state index in [2.05, 4.69) is 15.2 Å². The summed E-state index contributed by atoms with van der Waals surface area (Å²) in [6, 6.07) is 16.9. The van der Waals surface area contributed by atoms with Gasteiger partial charge in [-0.05, 0) is 50.3 Å². The Morgan fingerprint density at radius 1 is 1.00 bits per heavy atom. The van der Waals surface area contributed by atoms with Crippen LogP contribution in [0.4, 0.5) is 24.8 Å². The van der Waals surface area contributed by atoms with Crippen LogP contribution in [0.3, 0.4) is 0 Å². The highest BCUT2D eigenvalue weighted by Gasteiger charge is 2.36. The van der Waals surface area contributed by atoms with E-state index in [4.69, 9.17) is 4.98 Å². The molecule has 1 aromatic carbocycles. The molecular weight excluding hydrogens is 529 g/mol. The van der Waals surface area contributed by atoms with Gasteiger partial charge >= 0.3 is 6.18 Å². The van der Waals surface area contributed by atoms with Gasteiger partial charge in [-0.3, -0.25) is 19.2 Å². The maximum absolute atomic E-state index is 14.5. The first-order valence-corrected chi connectivity index (χ1v) is 13.4. The molecule has 5 rings (SSSR count). The Morgan fingerprint density at radius 2 is 1.73 bits per heavy atom. The quantitative estimate of drug-likeness (QED) is 0.279. The molecule has 1 saturated heterocycles. The molecule has 0 aliphatic carbocycles. The number of fused-ring (bicyclic) bond motifs is 1. The van der Waals surface area contributed by atoms with Crippen LogP contribution in [0.1, 0.15) is 25.1 Å². The molecule has 10 heteroatoms. The van der Waals surface area contributed by atoms with Crippen LogP contribution >= 0.6 is 0 Å². The first kappa shape index (κ1) is 28.1. The molecule has 1 aliphatic heterocycles. The lowest BCUT2D eigenvalue weighted by atomic mass is 10.1. The lowest BCUT2D eigenvalue weighted by Gasteiger charge is -2.35. The van der Waals surface area contributed by atoms with Gasteiger partial charge in [0.15, 0.2) is 11.1 Å². The van der Waals surface area contributed by atoms with Crippen molar-refractivity contribution in [1.82, 2.24) is 19.4 Å². The van der Waals surface area contributed by atoms with Crippen LogP contribution < -0.4 is 15.6 Å². The Morgan fingerprint density at radius 3 is 2.37 bits per heavy atom. The van der Waals surface area contributed by atoms with Crippen LogP contribution in [0.25, 0.3) is 16.7 Å². The van der Waals surface area contributed by atoms with Gasteiger partial charge in [0, 0.05) is 56.4 Å². The van der Waals surface area contributed by atoms with E-state index >= 15 is 0 Å². The van der Waals surface area contributed by atoms with Crippen LogP contribution in [0.15, 0.2) is 95.6 Å². The number of nitrogens with one attached hydrogen (secondary N) is 1. The smallest absolute Gasteiger partial charge is 0.354 e. The molecule has 7 nitrogen and oxygen atoms in total. The van der Waals surface area contributed by atoms with Crippen molar-refractivity contribution >= 4 is 22.7 Å². The largest absolute Gasteiger partial charge is 0.417 e. The third kappa shape index (κ3) is 6.17. The average molecular weight is 561 g/mol. The van der Waals surface area contributed by atoms with Gasteiger partial charge in [0.05, 0.1) is 16.6 Å². The minimum absolute atomic E-state index is 0.0529. The third-order valence-electron chi connectivity index (χ3n) is 7.01. The Labute approximate surface area is 236 Å². The molecule has 41 heavy (non-hydrogen) atoms. The number of nitrogens with zero attached hydrogens (tertiary/aromatic N) is 5. The van der Waals surface area contributed by atoms with E-state index < -0.39 is 22.6 Å². The van der Waals surface area contributed by atoms with Crippen LogP contribution in [0.5, 0.6) is 0 Å². The molecule has 4 aromatic rings. The second kappa shape index (κ2) is 12.0. The van der Waals surface area contributed by atoms with Crippen LogP contribution in [0, 0.1) is 0 Å². The fourth-order valence-corrected chi connectivity index (χ4v) is 5.01. The molecule has 1 aliphatic rings. The minimum atomic E-state index is -4.75. The predicted octanol–water partition coefficient (Wildman–Crippen LogP) is 6.01. The highest BCUT2D eigenvalue weighted by molar-refractivity contribution is 5.86. The molecular formula is C31H31F3N6O. The maximum Gasteiger partial charge on any atom is 0.417 e. The fourth-order valence-electron chi connectivity index (χ4n) is 5.01. The first-order valence-electron chi connectivity index (χ1n) is 13.4. The minimum Gasteiger partial charge on any atom is -0.354 e. The van der Waals surface area contributed by atoms with Gasteiger partial charge in [0.1, 0.15) is 11.6 Å². The summed E-state index contributed by atoms with van der Waals surface area (Å²) in [4.78, 5) is 26.5. The Kier molecular flexibility index (Phi) is 8.21. The lowest BCUT2D eigenvalue weighted by molar-refractivity contribution is -0.136. The summed E-state index contributed by atoms with van der Waals surface area (Å²) in [5.41, 5.74) is 0.407. The molecule has 1 N–H and O–H groups in total. The van der Waals surface area contributed by atoms with Crippen molar-refractivity contribution in [3.8, 4) is 5.69 Å². The fraction of sp³-hybridized carbons (Fsp3) is 0.258. The number of piperazine rings is 1. The Hall–Kier alpha value is -4.44. The molecule has 3 aromatic heterocycles. The number of aromatic nitrogens is 3. The molecule has 0 saturated carbocycles. The number of rotatable bonds is 7. The maximum atomic E-state index is 14.5. The van der Waals surface area contributed by atoms with Gasteiger partial charge in [-0.1, -0.05) is 36.4 Å². The number of halogens is 3. The summed E-state index contributed by atoms with van der Waals surface area (Å²) in [5, 5.41) is 2.75. The van der Waals surface area contributed by atoms with E-state index in [1.807, 2.05) is 61.2 Å². The van der Waals surface area contributed by atoms with E-state index in [0.717, 1.165) is 11.8 Å². The van der Waals surface area contributed by atoms with Crippen LogP contribution in [0.2, 0.25) is 0 Å². The molecule has 212 valence electrons. The highest BCUT2D eigenvalue weighted by Crippen LogP contribution is 2.37. The number of anilines is 2. The predicted molar refractivity (Wildman–Crippen MR) is 156 cm³/mol. The first-order chi connectivity index (χ1) is 19.8. The molecule has 0 spiro atoms. The summed E-state index contributed by atoms with van der Waals surface area (Å²) in [5.74, 6) is 0.501. The molecule has 0 radical (unpaired) electrons. The summed E-state index contributed by atoms with van der Waals surface area (Å²) in [7, 11) is 0. The topological polar surface area (TPSA) is 66.3 Å². The van der Waals surface area contributed by atoms with Gasteiger partial charge in [-0.2, -0.15) is 13.2 Å². The van der Waals surface area contributed by atoms with E-state index in [1.54, 1.807) is 35.0 Å². The van der Waals surface area contributed by atoms with E-state index in [0.29, 0.717) is 49.9 Å². The van der Waals surface area contributed by atoms with Crippen molar-refractivity contribution < 1.29 is 13.2 Å². The molecule has 0 atom stereocenters. The van der Waals surface area contributed by atoms with Crippen LogP contribution in [-0.4, -0.2) is 45.6 Å². The number of pyridine rings is 3. The normalized spacial score (nSPS) is 15.1. The standard InChI is InChI=1S/C31H31F3N6O/c1-3-10-22(4-2)36-28-20-26(41)29-25(31(32,33)34)19-27(37-30(29)40(28)24-12-6-5-7-13-24)39-17-15-38(16-18-39)21-23-11-8-9-14-35-23/h3-14,19-20,36H,15-18,21H2,1-2H3/b10-3-,22-4+. The summed E-state index contributed by atoms with van der Waals surface area (Å²) < 4.78 is 45.1.